The van der Waals surface area contributed by atoms with Gasteiger partial charge in [0.15, 0.2) is 0 Å². The van der Waals surface area contributed by atoms with Crippen molar-refractivity contribution in [2.75, 3.05) is 0 Å². The van der Waals surface area contributed by atoms with E-state index in [0.29, 0.717) is 12.0 Å². The summed E-state index contributed by atoms with van der Waals surface area (Å²) >= 11 is 3.34. The van der Waals surface area contributed by atoms with Crippen LogP contribution in [0.2, 0.25) is 0 Å². The monoisotopic (exact) mass is 311 g/mol. The van der Waals surface area contributed by atoms with E-state index < -0.39 is 0 Å². The van der Waals surface area contributed by atoms with Gasteiger partial charge in [0.2, 0.25) is 0 Å². The van der Waals surface area contributed by atoms with Crippen LogP contribution in [0.1, 0.15) is 29.9 Å². The molecule has 0 saturated carbocycles. The first-order valence-electron chi connectivity index (χ1n) is 5.87. The van der Waals surface area contributed by atoms with Gasteiger partial charge in [-0.25, -0.2) is 4.39 Å². The van der Waals surface area contributed by atoms with E-state index in [4.69, 9.17) is 10.2 Å². The molecule has 0 radical (unpaired) electrons. The normalized spacial score (nSPS) is 12.7. The van der Waals surface area contributed by atoms with Gasteiger partial charge in [-0.1, -0.05) is 22.9 Å². The molecule has 0 fully saturated rings. The van der Waals surface area contributed by atoms with E-state index in [1.807, 2.05) is 13.0 Å². The summed E-state index contributed by atoms with van der Waals surface area (Å²) in [6.45, 7) is 2.01. The number of benzene rings is 1. The molecular weight excluding hydrogens is 297 g/mol. The Labute approximate surface area is 114 Å². The summed E-state index contributed by atoms with van der Waals surface area (Å²) in [6.07, 6.45) is 2.88. The molecule has 2 aromatic rings. The first kappa shape index (κ1) is 13.3. The highest BCUT2D eigenvalue weighted by molar-refractivity contribution is 9.10. The number of nitrogens with two attached hydrogens (primary N) is 1. The third-order valence-electron chi connectivity index (χ3n) is 2.95. The third-order valence-corrected chi connectivity index (χ3v) is 3.44. The first-order chi connectivity index (χ1) is 8.61. The Morgan fingerprint density at radius 2 is 2.17 bits per heavy atom. The van der Waals surface area contributed by atoms with Crippen LogP contribution in [0.4, 0.5) is 4.39 Å². The SMILES string of the molecule is CCc1occc1C(N)Cc1cc(Br)ccc1F. The second-order valence-corrected chi connectivity index (χ2v) is 5.11. The van der Waals surface area contributed by atoms with Crippen molar-refractivity contribution < 1.29 is 8.81 Å². The van der Waals surface area contributed by atoms with Crippen molar-refractivity contribution in [3.05, 3.63) is 57.7 Å². The first-order valence-corrected chi connectivity index (χ1v) is 6.67. The van der Waals surface area contributed by atoms with Gasteiger partial charge in [-0.15, -0.1) is 0 Å². The van der Waals surface area contributed by atoms with E-state index in [1.54, 1.807) is 18.4 Å². The number of hydrogen-bond donors (Lipinski definition) is 1. The standard InChI is InChI=1S/C14H15BrFNO/c1-2-14-11(5-6-18-14)13(17)8-9-7-10(15)3-4-12(9)16/h3-7,13H,2,8,17H2,1H3. The predicted molar refractivity (Wildman–Crippen MR) is 72.8 cm³/mol. The molecule has 0 spiro atoms. The van der Waals surface area contributed by atoms with E-state index in [2.05, 4.69) is 15.9 Å². The van der Waals surface area contributed by atoms with Gasteiger partial charge in [0.1, 0.15) is 11.6 Å². The van der Waals surface area contributed by atoms with Crippen LogP contribution in [0.3, 0.4) is 0 Å². The second kappa shape index (κ2) is 5.67. The van der Waals surface area contributed by atoms with Gasteiger partial charge in [-0.3, -0.25) is 0 Å². The molecule has 0 saturated heterocycles. The Balaban J connectivity index is 2.21. The molecule has 1 aromatic carbocycles. The van der Waals surface area contributed by atoms with Gasteiger partial charge in [-0.2, -0.15) is 0 Å². The molecule has 0 amide bonds. The van der Waals surface area contributed by atoms with Gasteiger partial charge < -0.3 is 10.2 Å². The smallest absolute Gasteiger partial charge is 0.126 e. The molecule has 18 heavy (non-hydrogen) atoms. The lowest BCUT2D eigenvalue weighted by atomic mass is 9.99. The molecule has 1 atom stereocenters. The number of furan rings is 1. The second-order valence-electron chi connectivity index (χ2n) is 4.20. The van der Waals surface area contributed by atoms with Crippen molar-refractivity contribution in [1.82, 2.24) is 0 Å². The highest BCUT2D eigenvalue weighted by Gasteiger charge is 2.15. The average Bonchev–Trinajstić information content (AvgIpc) is 2.82. The predicted octanol–water partition coefficient (Wildman–Crippen LogP) is 3.99. The minimum absolute atomic E-state index is 0.227. The summed E-state index contributed by atoms with van der Waals surface area (Å²) < 4.78 is 19.9. The number of hydrogen-bond acceptors (Lipinski definition) is 2. The minimum atomic E-state index is -0.248. The van der Waals surface area contributed by atoms with Gasteiger partial charge >= 0.3 is 0 Å². The van der Waals surface area contributed by atoms with Crippen molar-refractivity contribution in [3.8, 4) is 0 Å². The van der Waals surface area contributed by atoms with Crippen molar-refractivity contribution in [2.45, 2.75) is 25.8 Å². The number of halogens is 2. The van der Waals surface area contributed by atoms with Crippen LogP contribution in [-0.2, 0) is 12.8 Å². The molecule has 0 aliphatic heterocycles. The Morgan fingerprint density at radius 1 is 1.39 bits per heavy atom. The third kappa shape index (κ3) is 2.82. The zero-order chi connectivity index (χ0) is 13.1. The molecule has 1 unspecified atom stereocenters. The Bertz CT molecular complexity index is 538. The molecule has 2 N–H and O–H groups in total. The summed E-state index contributed by atoms with van der Waals surface area (Å²) in [7, 11) is 0. The van der Waals surface area contributed by atoms with Crippen LogP contribution in [0, 0.1) is 5.82 Å². The zero-order valence-electron chi connectivity index (χ0n) is 10.1. The minimum Gasteiger partial charge on any atom is -0.469 e. The number of aryl methyl sites for hydroxylation is 1. The van der Waals surface area contributed by atoms with Crippen molar-refractivity contribution in [2.24, 2.45) is 5.73 Å². The average molecular weight is 312 g/mol. The molecule has 0 aliphatic carbocycles. The van der Waals surface area contributed by atoms with Crippen LogP contribution < -0.4 is 5.73 Å². The molecule has 2 nitrogen and oxygen atoms in total. The molecule has 4 heteroatoms. The van der Waals surface area contributed by atoms with Gasteiger partial charge in [0.05, 0.1) is 6.26 Å². The Morgan fingerprint density at radius 3 is 2.89 bits per heavy atom. The fourth-order valence-electron chi connectivity index (χ4n) is 2.01. The maximum atomic E-state index is 13.7. The Hall–Kier alpha value is -1.13. The van der Waals surface area contributed by atoms with Crippen molar-refractivity contribution in [1.29, 1.82) is 0 Å². The maximum absolute atomic E-state index is 13.7. The molecule has 0 bridgehead atoms. The molecule has 2 rings (SSSR count). The van der Waals surface area contributed by atoms with Crippen LogP contribution in [0.15, 0.2) is 39.4 Å². The van der Waals surface area contributed by atoms with Gasteiger partial charge in [0.25, 0.3) is 0 Å². The lowest BCUT2D eigenvalue weighted by molar-refractivity contribution is 0.504. The molecule has 1 aromatic heterocycles. The van der Waals surface area contributed by atoms with E-state index in [-0.39, 0.29) is 11.9 Å². The van der Waals surface area contributed by atoms with Crippen LogP contribution >= 0.6 is 15.9 Å². The summed E-state index contributed by atoms with van der Waals surface area (Å²) in [5, 5.41) is 0. The molecular formula is C14H15BrFNO. The van der Waals surface area contributed by atoms with Crippen LogP contribution in [-0.4, -0.2) is 0 Å². The summed E-state index contributed by atoms with van der Waals surface area (Å²) in [5.41, 5.74) is 7.69. The summed E-state index contributed by atoms with van der Waals surface area (Å²) in [5.74, 6) is 0.646. The van der Waals surface area contributed by atoms with E-state index in [0.717, 1.165) is 22.2 Å². The largest absolute Gasteiger partial charge is 0.469 e. The lowest BCUT2D eigenvalue weighted by Crippen LogP contribution is -2.15. The quantitative estimate of drug-likeness (QED) is 0.927. The van der Waals surface area contributed by atoms with Gasteiger partial charge in [0, 0.05) is 22.5 Å². The summed E-state index contributed by atoms with van der Waals surface area (Å²) in [6, 6.07) is 6.50. The molecule has 0 aliphatic rings. The fourth-order valence-corrected chi connectivity index (χ4v) is 2.42. The fraction of sp³-hybridized carbons (Fsp3) is 0.286. The zero-order valence-corrected chi connectivity index (χ0v) is 11.7. The van der Waals surface area contributed by atoms with Crippen LogP contribution in [0.5, 0.6) is 0 Å². The van der Waals surface area contributed by atoms with Gasteiger partial charge in [-0.05, 0) is 36.2 Å². The Kier molecular flexibility index (Phi) is 4.19. The summed E-state index contributed by atoms with van der Waals surface area (Å²) in [4.78, 5) is 0. The van der Waals surface area contributed by atoms with Crippen molar-refractivity contribution in [3.63, 3.8) is 0 Å². The highest BCUT2D eigenvalue weighted by atomic mass is 79.9. The highest BCUT2D eigenvalue weighted by Crippen LogP contribution is 2.24. The van der Waals surface area contributed by atoms with E-state index in [1.165, 1.54) is 6.07 Å². The topological polar surface area (TPSA) is 39.2 Å². The molecule has 96 valence electrons. The van der Waals surface area contributed by atoms with Crippen LogP contribution in [0.25, 0.3) is 0 Å². The maximum Gasteiger partial charge on any atom is 0.126 e. The number of rotatable bonds is 4. The van der Waals surface area contributed by atoms with E-state index in [9.17, 15) is 4.39 Å². The van der Waals surface area contributed by atoms with Crippen molar-refractivity contribution >= 4 is 15.9 Å². The van der Waals surface area contributed by atoms with E-state index >= 15 is 0 Å². The lowest BCUT2D eigenvalue weighted by Gasteiger charge is -2.12. The molecule has 1 heterocycles.